The number of carbonyl (C=O) groups is 2. The molecule has 22 heavy (non-hydrogen) atoms. The van der Waals surface area contributed by atoms with Gasteiger partial charge in [-0.05, 0) is 36.1 Å². The van der Waals surface area contributed by atoms with Crippen molar-refractivity contribution in [3.8, 4) is 0 Å². The molecule has 0 fully saturated rings. The lowest BCUT2D eigenvalue weighted by atomic mass is 10.1. The Morgan fingerprint density at radius 3 is 2.68 bits per heavy atom. The summed E-state index contributed by atoms with van der Waals surface area (Å²) < 4.78 is 13.6. The standard InChI is InChI=1S/C16H17FN2O2S/c1-10-5-6-13(12(17)8-10)19-16(21)15(20)18-9-11(2)14-4-3-7-22-14/h3-8,11H,9H2,1-2H3,(H,18,20)(H,19,21)/t11-/m0/s1. The maximum atomic E-state index is 13.6. The van der Waals surface area contributed by atoms with Crippen LogP contribution in [-0.2, 0) is 9.59 Å². The lowest BCUT2D eigenvalue weighted by molar-refractivity contribution is -0.136. The molecule has 0 radical (unpaired) electrons. The van der Waals surface area contributed by atoms with Crippen molar-refractivity contribution < 1.29 is 14.0 Å². The fourth-order valence-electron chi connectivity index (χ4n) is 1.90. The Morgan fingerprint density at radius 2 is 2.05 bits per heavy atom. The third-order valence-electron chi connectivity index (χ3n) is 3.18. The number of aryl methyl sites for hydroxylation is 1. The van der Waals surface area contributed by atoms with E-state index in [2.05, 4.69) is 10.6 Å². The van der Waals surface area contributed by atoms with Crippen molar-refractivity contribution in [1.29, 1.82) is 0 Å². The van der Waals surface area contributed by atoms with Gasteiger partial charge in [-0.2, -0.15) is 0 Å². The van der Waals surface area contributed by atoms with E-state index >= 15 is 0 Å². The Kier molecular flexibility index (Phi) is 5.27. The fourth-order valence-corrected chi connectivity index (χ4v) is 2.69. The van der Waals surface area contributed by atoms with Crippen LogP contribution in [0.4, 0.5) is 10.1 Å². The zero-order valence-electron chi connectivity index (χ0n) is 12.4. The largest absolute Gasteiger partial charge is 0.347 e. The molecule has 1 atom stereocenters. The summed E-state index contributed by atoms with van der Waals surface area (Å²) in [6.45, 7) is 4.06. The van der Waals surface area contributed by atoms with Crippen LogP contribution in [0.15, 0.2) is 35.7 Å². The van der Waals surface area contributed by atoms with E-state index in [-0.39, 0.29) is 11.6 Å². The normalized spacial score (nSPS) is 11.8. The fraction of sp³-hybridized carbons (Fsp3) is 0.250. The van der Waals surface area contributed by atoms with E-state index < -0.39 is 17.6 Å². The second-order valence-electron chi connectivity index (χ2n) is 5.06. The lowest BCUT2D eigenvalue weighted by Crippen LogP contribution is -2.37. The maximum Gasteiger partial charge on any atom is 0.313 e. The van der Waals surface area contributed by atoms with Gasteiger partial charge in [-0.25, -0.2) is 4.39 Å². The van der Waals surface area contributed by atoms with E-state index in [1.807, 2.05) is 24.4 Å². The molecule has 0 bridgehead atoms. The Balaban J connectivity index is 1.88. The third-order valence-corrected chi connectivity index (χ3v) is 4.28. The van der Waals surface area contributed by atoms with Crippen molar-refractivity contribution in [3.63, 3.8) is 0 Å². The molecule has 1 heterocycles. The smallest absolute Gasteiger partial charge is 0.313 e. The second-order valence-corrected chi connectivity index (χ2v) is 6.04. The number of amides is 2. The zero-order chi connectivity index (χ0) is 16.1. The van der Waals surface area contributed by atoms with Gasteiger partial charge in [-0.3, -0.25) is 9.59 Å². The van der Waals surface area contributed by atoms with Crippen LogP contribution in [0.5, 0.6) is 0 Å². The molecule has 0 spiro atoms. The van der Waals surface area contributed by atoms with Crippen LogP contribution >= 0.6 is 11.3 Å². The number of carbonyl (C=O) groups excluding carboxylic acids is 2. The molecule has 4 nitrogen and oxygen atoms in total. The van der Waals surface area contributed by atoms with Gasteiger partial charge in [0, 0.05) is 17.3 Å². The lowest BCUT2D eigenvalue weighted by Gasteiger charge is -2.11. The van der Waals surface area contributed by atoms with Crippen molar-refractivity contribution in [2.45, 2.75) is 19.8 Å². The molecule has 0 unspecified atom stereocenters. The third kappa shape index (κ3) is 4.14. The molecule has 0 aliphatic heterocycles. The van der Waals surface area contributed by atoms with Crippen LogP contribution < -0.4 is 10.6 Å². The number of anilines is 1. The number of hydrogen-bond donors (Lipinski definition) is 2. The average Bonchev–Trinajstić information content (AvgIpc) is 3.01. The summed E-state index contributed by atoms with van der Waals surface area (Å²) in [5.41, 5.74) is 0.738. The molecule has 2 N–H and O–H groups in total. The minimum absolute atomic E-state index is 0.00273. The van der Waals surface area contributed by atoms with Gasteiger partial charge in [-0.1, -0.05) is 19.1 Å². The molecular formula is C16H17FN2O2S. The summed E-state index contributed by atoms with van der Waals surface area (Å²) in [5, 5.41) is 6.79. The van der Waals surface area contributed by atoms with Crippen molar-refractivity contribution in [2.75, 3.05) is 11.9 Å². The van der Waals surface area contributed by atoms with E-state index in [0.717, 1.165) is 10.4 Å². The van der Waals surface area contributed by atoms with Crippen molar-refractivity contribution in [3.05, 3.63) is 52.0 Å². The molecule has 1 aromatic heterocycles. The Hall–Kier alpha value is -2.21. The van der Waals surface area contributed by atoms with E-state index in [1.54, 1.807) is 24.3 Å². The molecule has 0 aliphatic rings. The summed E-state index contributed by atoms with van der Waals surface area (Å²) in [6, 6.07) is 8.31. The maximum absolute atomic E-state index is 13.6. The van der Waals surface area contributed by atoms with Crippen LogP contribution in [0.25, 0.3) is 0 Å². The van der Waals surface area contributed by atoms with Gasteiger partial charge in [0.05, 0.1) is 5.69 Å². The number of benzene rings is 1. The number of hydrogen-bond acceptors (Lipinski definition) is 3. The number of halogens is 1. The van der Waals surface area contributed by atoms with E-state index in [9.17, 15) is 14.0 Å². The van der Waals surface area contributed by atoms with E-state index in [4.69, 9.17) is 0 Å². The van der Waals surface area contributed by atoms with Gasteiger partial charge >= 0.3 is 11.8 Å². The SMILES string of the molecule is Cc1ccc(NC(=O)C(=O)NC[C@H](C)c2cccs2)c(F)c1. The molecule has 2 amide bonds. The second kappa shape index (κ2) is 7.17. The average molecular weight is 320 g/mol. The first-order chi connectivity index (χ1) is 10.5. The molecule has 0 saturated heterocycles. The summed E-state index contributed by atoms with van der Waals surface area (Å²) in [6.07, 6.45) is 0. The molecule has 2 aromatic rings. The molecule has 1 aromatic carbocycles. The number of thiophene rings is 1. The number of nitrogens with one attached hydrogen (secondary N) is 2. The minimum atomic E-state index is -0.874. The molecular weight excluding hydrogens is 303 g/mol. The highest BCUT2D eigenvalue weighted by Gasteiger charge is 2.17. The van der Waals surface area contributed by atoms with Gasteiger partial charge in [0.15, 0.2) is 0 Å². The van der Waals surface area contributed by atoms with Gasteiger partial charge in [0.1, 0.15) is 5.82 Å². The van der Waals surface area contributed by atoms with Crippen molar-refractivity contribution in [2.24, 2.45) is 0 Å². The quantitative estimate of drug-likeness (QED) is 0.851. The molecule has 116 valence electrons. The van der Waals surface area contributed by atoms with E-state index in [0.29, 0.717) is 6.54 Å². The summed E-state index contributed by atoms with van der Waals surface area (Å²) in [4.78, 5) is 24.6. The van der Waals surface area contributed by atoms with Gasteiger partial charge in [0.25, 0.3) is 0 Å². The monoisotopic (exact) mass is 320 g/mol. The Labute approximate surface area is 132 Å². The minimum Gasteiger partial charge on any atom is -0.347 e. The van der Waals surface area contributed by atoms with Gasteiger partial charge < -0.3 is 10.6 Å². The molecule has 0 aliphatic carbocycles. The topological polar surface area (TPSA) is 58.2 Å². The molecule has 2 rings (SSSR count). The summed E-state index contributed by atoms with van der Waals surface area (Å²) in [5.74, 6) is -2.09. The zero-order valence-corrected chi connectivity index (χ0v) is 13.2. The molecule has 0 saturated carbocycles. The van der Waals surface area contributed by atoms with Crippen LogP contribution in [0.2, 0.25) is 0 Å². The summed E-state index contributed by atoms with van der Waals surface area (Å²) in [7, 11) is 0. The Morgan fingerprint density at radius 1 is 1.27 bits per heavy atom. The Bertz CT molecular complexity index is 671. The van der Waals surface area contributed by atoms with Crippen molar-refractivity contribution >= 4 is 28.8 Å². The highest BCUT2D eigenvalue weighted by atomic mass is 32.1. The predicted octanol–water partition coefficient (Wildman–Crippen LogP) is 3.05. The van der Waals surface area contributed by atoms with Gasteiger partial charge in [0.2, 0.25) is 0 Å². The van der Waals surface area contributed by atoms with Crippen LogP contribution in [0, 0.1) is 12.7 Å². The first-order valence-corrected chi connectivity index (χ1v) is 7.74. The first kappa shape index (κ1) is 16.2. The van der Waals surface area contributed by atoms with Crippen molar-refractivity contribution in [1.82, 2.24) is 5.32 Å². The van der Waals surface area contributed by atoms with Crippen LogP contribution in [0.1, 0.15) is 23.3 Å². The number of rotatable bonds is 4. The van der Waals surface area contributed by atoms with Gasteiger partial charge in [-0.15, -0.1) is 11.3 Å². The van der Waals surface area contributed by atoms with E-state index in [1.165, 1.54) is 12.1 Å². The highest BCUT2D eigenvalue weighted by molar-refractivity contribution is 7.10. The first-order valence-electron chi connectivity index (χ1n) is 6.86. The highest BCUT2D eigenvalue weighted by Crippen LogP contribution is 2.19. The van der Waals surface area contributed by atoms with Crippen LogP contribution in [0.3, 0.4) is 0 Å². The predicted molar refractivity (Wildman–Crippen MR) is 85.5 cm³/mol. The van der Waals surface area contributed by atoms with Crippen LogP contribution in [-0.4, -0.2) is 18.4 Å². The summed E-state index contributed by atoms with van der Waals surface area (Å²) >= 11 is 1.60. The molecule has 6 heteroatoms.